The zero-order valence-electron chi connectivity index (χ0n) is 15.8. The van der Waals surface area contributed by atoms with Crippen molar-refractivity contribution in [3.8, 4) is 5.75 Å². The monoisotopic (exact) mass is 383 g/mol. The van der Waals surface area contributed by atoms with Crippen molar-refractivity contribution >= 4 is 15.9 Å². The second kappa shape index (κ2) is 9.34. The van der Waals surface area contributed by atoms with E-state index < -0.39 is 10.0 Å². The lowest BCUT2D eigenvalue weighted by atomic mass is 9.97. The molecule has 0 bridgehead atoms. The smallest absolute Gasteiger partial charge is 0.236 e. The van der Waals surface area contributed by atoms with E-state index in [1.54, 1.807) is 12.0 Å². The van der Waals surface area contributed by atoms with Crippen molar-refractivity contribution in [3.05, 3.63) is 29.8 Å². The molecule has 1 amide bonds. The minimum Gasteiger partial charge on any atom is -0.497 e. The van der Waals surface area contributed by atoms with Crippen molar-refractivity contribution < 1.29 is 17.9 Å². The first-order chi connectivity index (χ1) is 12.3. The predicted octanol–water partition coefficient (Wildman–Crippen LogP) is 0.915. The number of piperidine rings is 1. The number of rotatable bonds is 8. The highest BCUT2D eigenvalue weighted by atomic mass is 32.2. The summed E-state index contributed by atoms with van der Waals surface area (Å²) in [6, 6.07) is 7.71. The Bertz CT molecular complexity index is 683. The number of nitrogens with one attached hydrogen (secondary N) is 1. The van der Waals surface area contributed by atoms with Crippen LogP contribution in [0.5, 0.6) is 5.75 Å². The lowest BCUT2D eigenvalue weighted by molar-refractivity contribution is -0.132. The average molecular weight is 384 g/mol. The number of nitrogens with zero attached hydrogens (tertiary/aromatic N) is 2. The minimum absolute atomic E-state index is 0.0912. The first-order valence-corrected chi connectivity index (χ1v) is 10.7. The van der Waals surface area contributed by atoms with Crippen LogP contribution in [0.4, 0.5) is 0 Å². The van der Waals surface area contributed by atoms with E-state index in [9.17, 15) is 13.2 Å². The second-order valence-electron chi connectivity index (χ2n) is 6.94. The van der Waals surface area contributed by atoms with E-state index in [2.05, 4.69) is 9.62 Å². The highest BCUT2D eigenvalue weighted by Crippen LogP contribution is 2.17. The van der Waals surface area contributed by atoms with Gasteiger partial charge in [0.15, 0.2) is 0 Å². The van der Waals surface area contributed by atoms with Crippen LogP contribution in [0.3, 0.4) is 0 Å². The molecule has 1 N–H and O–H groups in total. The van der Waals surface area contributed by atoms with E-state index in [0.717, 1.165) is 37.2 Å². The maximum Gasteiger partial charge on any atom is 0.236 e. The molecule has 0 aliphatic carbocycles. The third-order valence-corrected chi connectivity index (χ3v) is 5.40. The molecule has 7 nitrogen and oxygen atoms in total. The van der Waals surface area contributed by atoms with Gasteiger partial charge >= 0.3 is 0 Å². The number of amides is 1. The van der Waals surface area contributed by atoms with E-state index in [1.807, 2.05) is 31.3 Å². The van der Waals surface area contributed by atoms with Gasteiger partial charge in [0.1, 0.15) is 5.75 Å². The molecule has 146 valence electrons. The second-order valence-corrected chi connectivity index (χ2v) is 8.77. The molecule has 0 aromatic heterocycles. The summed E-state index contributed by atoms with van der Waals surface area (Å²) in [5, 5.41) is 0. The molecule has 0 atom stereocenters. The molecule has 1 saturated heterocycles. The maximum atomic E-state index is 12.4. The molecule has 1 aromatic carbocycles. The fourth-order valence-electron chi connectivity index (χ4n) is 3.02. The number of carbonyl (C=O) groups excluding carboxylic acids is 1. The number of likely N-dealkylation sites (tertiary alicyclic amines) is 1. The molecule has 0 spiro atoms. The molecule has 1 fully saturated rings. The SMILES string of the molecule is COc1ccc(CN(C)C(=O)CN2CCC(CNS(C)(=O)=O)CC2)cc1. The number of carbonyl (C=O) groups is 1. The Labute approximate surface area is 156 Å². The van der Waals surface area contributed by atoms with E-state index >= 15 is 0 Å². The van der Waals surface area contributed by atoms with E-state index in [-0.39, 0.29) is 5.91 Å². The Balaban J connectivity index is 1.73. The Morgan fingerprint density at radius 2 is 1.88 bits per heavy atom. The van der Waals surface area contributed by atoms with Crippen LogP contribution in [0.2, 0.25) is 0 Å². The van der Waals surface area contributed by atoms with Gasteiger partial charge in [-0.25, -0.2) is 13.1 Å². The summed E-state index contributed by atoms with van der Waals surface area (Å²) in [5.74, 6) is 1.23. The van der Waals surface area contributed by atoms with Crippen LogP contribution in [0.25, 0.3) is 0 Å². The van der Waals surface area contributed by atoms with E-state index in [1.165, 1.54) is 6.26 Å². The standard InChI is InChI=1S/C18H29N3O4S/c1-20(13-16-4-6-17(25-2)7-5-16)18(22)14-21-10-8-15(9-11-21)12-19-26(3,23)24/h4-7,15,19H,8-14H2,1-3H3. The Hall–Kier alpha value is -1.64. The molecule has 1 aliphatic rings. The maximum absolute atomic E-state index is 12.4. The topological polar surface area (TPSA) is 79.0 Å². The largest absolute Gasteiger partial charge is 0.497 e. The normalized spacial score (nSPS) is 16.4. The molecule has 1 aliphatic heterocycles. The molecule has 0 saturated carbocycles. The van der Waals surface area contributed by atoms with Crippen molar-refractivity contribution in [2.24, 2.45) is 5.92 Å². The van der Waals surface area contributed by atoms with Crippen LogP contribution in [0.1, 0.15) is 18.4 Å². The van der Waals surface area contributed by atoms with Gasteiger partial charge < -0.3 is 9.64 Å². The molecule has 0 unspecified atom stereocenters. The fraction of sp³-hybridized carbons (Fsp3) is 0.611. The van der Waals surface area contributed by atoms with Gasteiger partial charge in [-0.05, 0) is 49.5 Å². The van der Waals surface area contributed by atoms with Crippen molar-refractivity contribution in [1.82, 2.24) is 14.5 Å². The number of benzene rings is 1. The first-order valence-electron chi connectivity index (χ1n) is 8.80. The third-order valence-electron chi connectivity index (χ3n) is 4.70. The average Bonchev–Trinajstić information content (AvgIpc) is 2.61. The summed E-state index contributed by atoms with van der Waals surface area (Å²) in [7, 11) is 0.311. The lowest BCUT2D eigenvalue weighted by Crippen LogP contribution is -2.43. The van der Waals surface area contributed by atoms with Gasteiger partial charge in [0, 0.05) is 20.1 Å². The van der Waals surface area contributed by atoms with Gasteiger partial charge in [0.25, 0.3) is 0 Å². The summed E-state index contributed by atoms with van der Waals surface area (Å²) in [5.41, 5.74) is 1.06. The van der Waals surface area contributed by atoms with Crippen molar-refractivity contribution in [2.45, 2.75) is 19.4 Å². The number of hydrogen-bond acceptors (Lipinski definition) is 5. The van der Waals surface area contributed by atoms with Crippen LogP contribution >= 0.6 is 0 Å². The quantitative estimate of drug-likeness (QED) is 0.722. The first kappa shape index (κ1) is 20.7. The van der Waals surface area contributed by atoms with Crippen LogP contribution in [-0.2, 0) is 21.4 Å². The van der Waals surface area contributed by atoms with Gasteiger partial charge in [0.2, 0.25) is 15.9 Å². The minimum atomic E-state index is -3.13. The summed E-state index contributed by atoms with van der Waals surface area (Å²) >= 11 is 0. The molecule has 0 radical (unpaired) electrons. The highest BCUT2D eigenvalue weighted by Gasteiger charge is 2.22. The van der Waals surface area contributed by atoms with Gasteiger partial charge in [-0.2, -0.15) is 0 Å². The summed E-state index contributed by atoms with van der Waals surface area (Å²) in [6.45, 7) is 3.09. The van der Waals surface area contributed by atoms with Crippen LogP contribution in [0.15, 0.2) is 24.3 Å². The molecule has 2 rings (SSSR count). The van der Waals surface area contributed by atoms with E-state index in [0.29, 0.717) is 25.6 Å². The van der Waals surface area contributed by atoms with Gasteiger partial charge in [0.05, 0.1) is 19.9 Å². The summed E-state index contributed by atoms with van der Waals surface area (Å²) in [6.07, 6.45) is 2.98. The Morgan fingerprint density at radius 3 is 2.42 bits per heavy atom. The third kappa shape index (κ3) is 6.93. The van der Waals surface area contributed by atoms with Crippen molar-refractivity contribution in [3.63, 3.8) is 0 Å². The van der Waals surface area contributed by atoms with Gasteiger partial charge in [-0.1, -0.05) is 12.1 Å². The van der Waals surface area contributed by atoms with Crippen LogP contribution in [0, 0.1) is 5.92 Å². The number of sulfonamides is 1. The molecular weight excluding hydrogens is 354 g/mol. The zero-order chi connectivity index (χ0) is 19.2. The van der Waals surface area contributed by atoms with E-state index in [4.69, 9.17) is 4.74 Å². The fourth-order valence-corrected chi connectivity index (χ4v) is 3.56. The van der Waals surface area contributed by atoms with Gasteiger partial charge in [-0.15, -0.1) is 0 Å². The van der Waals surface area contributed by atoms with Crippen molar-refractivity contribution in [2.75, 3.05) is 46.6 Å². The molecule has 26 heavy (non-hydrogen) atoms. The number of hydrogen-bond donors (Lipinski definition) is 1. The summed E-state index contributed by atoms with van der Waals surface area (Å²) < 4.78 is 30.0. The van der Waals surface area contributed by atoms with Crippen LogP contribution < -0.4 is 9.46 Å². The predicted molar refractivity (Wildman–Crippen MR) is 101 cm³/mol. The lowest BCUT2D eigenvalue weighted by Gasteiger charge is -2.32. The summed E-state index contributed by atoms with van der Waals surface area (Å²) in [4.78, 5) is 16.3. The molecule has 8 heteroatoms. The molecule has 1 aromatic rings. The molecule has 1 heterocycles. The number of methoxy groups -OCH3 is 1. The Kier molecular flexibility index (Phi) is 7.43. The number of likely N-dealkylation sites (N-methyl/N-ethyl adjacent to an activating group) is 1. The van der Waals surface area contributed by atoms with Crippen molar-refractivity contribution in [1.29, 1.82) is 0 Å². The number of ether oxygens (including phenoxy) is 1. The van der Waals surface area contributed by atoms with Crippen LogP contribution in [-0.4, -0.2) is 70.7 Å². The highest BCUT2D eigenvalue weighted by molar-refractivity contribution is 7.88. The van der Waals surface area contributed by atoms with Gasteiger partial charge in [-0.3, -0.25) is 9.69 Å². The Morgan fingerprint density at radius 1 is 1.27 bits per heavy atom. The molecular formula is C18H29N3O4S. The zero-order valence-corrected chi connectivity index (χ0v) is 16.6.